The highest BCUT2D eigenvalue weighted by Crippen LogP contribution is 2.29. The number of hydrogen-bond donors (Lipinski definition) is 1. The van der Waals surface area contributed by atoms with E-state index in [1.807, 2.05) is 6.92 Å². The normalized spacial score (nSPS) is 10.7. The lowest BCUT2D eigenvalue weighted by molar-refractivity contribution is 0.102. The van der Waals surface area contributed by atoms with Crippen LogP contribution in [0.15, 0.2) is 36.4 Å². The molecule has 0 aliphatic heterocycles. The van der Waals surface area contributed by atoms with Crippen molar-refractivity contribution >= 4 is 23.2 Å². The summed E-state index contributed by atoms with van der Waals surface area (Å²) >= 11 is 6.12. The highest BCUT2D eigenvalue weighted by atomic mass is 35.5. The van der Waals surface area contributed by atoms with Crippen molar-refractivity contribution in [3.8, 4) is 11.5 Å². The van der Waals surface area contributed by atoms with Crippen LogP contribution in [0, 0.1) is 19.7 Å². The molecule has 0 aliphatic rings. The summed E-state index contributed by atoms with van der Waals surface area (Å²) in [5.41, 5.74) is 3.20. The summed E-state index contributed by atoms with van der Waals surface area (Å²) in [6, 6.07) is 9.18. The molecule has 1 N–H and O–H groups in total. The number of aromatic nitrogens is 2. The van der Waals surface area contributed by atoms with E-state index in [0.29, 0.717) is 40.0 Å². The molecule has 0 saturated heterocycles. The Kier molecular flexibility index (Phi) is 6.08. The first-order valence-corrected chi connectivity index (χ1v) is 9.23. The van der Waals surface area contributed by atoms with Crippen LogP contribution in [0.3, 0.4) is 0 Å². The molecule has 3 rings (SSSR count). The Morgan fingerprint density at radius 2 is 1.86 bits per heavy atom. The van der Waals surface area contributed by atoms with Crippen molar-refractivity contribution in [1.29, 1.82) is 0 Å². The van der Waals surface area contributed by atoms with Gasteiger partial charge in [-0.05, 0) is 49.7 Å². The van der Waals surface area contributed by atoms with Crippen LogP contribution in [0.2, 0.25) is 5.02 Å². The van der Waals surface area contributed by atoms with Crippen molar-refractivity contribution in [2.45, 2.75) is 20.4 Å². The number of ether oxygens (including phenoxy) is 2. The molecule has 1 heterocycles. The minimum Gasteiger partial charge on any atom is -0.493 e. The highest BCUT2D eigenvalue weighted by Gasteiger charge is 2.17. The molecule has 0 atom stereocenters. The number of benzene rings is 2. The summed E-state index contributed by atoms with van der Waals surface area (Å²) in [4.78, 5) is 12.7. The zero-order valence-corrected chi connectivity index (χ0v) is 17.3. The van der Waals surface area contributed by atoms with Gasteiger partial charge in [-0.2, -0.15) is 5.10 Å². The number of methoxy groups -OCH3 is 2. The standard InChI is InChI=1S/C21H21ClFN3O3/c1-12-20(24-21(27)14-6-8-18(28-3)19(9-14)29-4)13(2)26(25-12)11-15-5-7-16(23)10-17(15)22/h5-10H,11H2,1-4H3,(H,24,27). The zero-order chi connectivity index (χ0) is 21.1. The van der Waals surface area contributed by atoms with E-state index in [9.17, 15) is 9.18 Å². The second-order valence-corrected chi connectivity index (χ2v) is 6.87. The number of rotatable bonds is 6. The summed E-state index contributed by atoms with van der Waals surface area (Å²) in [7, 11) is 3.05. The van der Waals surface area contributed by atoms with Crippen LogP contribution < -0.4 is 14.8 Å². The fourth-order valence-corrected chi connectivity index (χ4v) is 3.23. The zero-order valence-electron chi connectivity index (χ0n) is 16.5. The van der Waals surface area contributed by atoms with E-state index in [1.54, 1.807) is 35.9 Å². The molecule has 1 aromatic heterocycles. The summed E-state index contributed by atoms with van der Waals surface area (Å²) in [5, 5.41) is 7.71. The molecule has 152 valence electrons. The van der Waals surface area contributed by atoms with Crippen LogP contribution in [-0.4, -0.2) is 29.9 Å². The van der Waals surface area contributed by atoms with Crippen LogP contribution in [0.4, 0.5) is 10.1 Å². The SMILES string of the molecule is COc1ccc(C(=O)Nc2c(C)nn(Cc3ccc(F)cc3Cl)c2C)cc1OC. The molecule has 0 spiro atoms. The molecule has 8 heteroatoms. The van der Waals surface area contributed by atoms with E-state index in [0.717, 1.165) is 11.3 Å². The largest absolute Gasteiger partial charge is 0.493 e. The van der Waals surface area contributed by atoms with Gasteiger partial charge in [-0.15, -0.1) is 0 Å². The van der Waals surface area contributed by atoms with E-state index in [4.69, 9.17) is 21.1 Å². The van der Waals surface area contributed by atoms with Gasteiger partial charge in [0, 0.05) is 10.6 Å². The third-order valence-electron chi connectivity index (χ3n) is 4.60. The third kappa shape index (κ3) is 4.35. The van der Waals surface area contributed by atoms with Crippen molar-refractivity contribution in [3.05, 3.63) is 69.8 Å². The number of carbonyl (C=O) groups is 1. The second kappa shape index (κ2) is 8.53. The fraction of sp³-hybridized carbons (Fsp3) is 0.238. The first-order chi connectivity index (χ1) is 13.8. The number of anilines is 1. The van der Waals surface area contributed by atoms with Gasteiger partial charge in [0.15, 0.2) is 11.5 Å². The molecule has 0 saturated carbocycles. The van der Waals surface area contributed by atoms with E-state index in [1.165, 1.54) is 26.4 Å². The molecule has 0 unspecified atom stereocenters. The van der Waals surface area contributed by atoms with E-state index >= 15 is 0 Å². The van der Waals surface area contributed by atoms with Crippen molar-refractivity contribution in [2.24, 2.45) is 0 Å². The van der Waals surface area contributed by atoms with Gasteiger partial charge >= 0.3 is 0 Å². The number of nitrogens with one attached hydrogen (secondary N) is 1. The molecule has 2 aromatic carbocycles. The van der Waals surface area contributed by atoms with Gasteiger partial charge in [0.2, 0.25) is 0 Å². The fourth-order valence-electron chi connectivity index (χ4n) is 3.01. The van der Waals surface area contributed by atoms with E-state index < -0.39 is 5.82 Å². The lowest BCUT2D eigenvalue weighted by Crippen LogP contribution is -2.13. The van der Waals surface area contributed by atoms with Crippen LogP contribution in [0.1, 0.15) is 27.3 Å². The maximum absolute atomic E-state index is 13.3. The van der Waals surface area contributed by atoms with Crippen molar-refractivity contribution in [1.82, 2.24) is 9.78 Å². The molecule has 0 radical (unpaired) electrons. The second-order valence-electron chi connectivity index (χ2n) is 6.46. The lowest BCUT2D eigenvalue weighted by Gasteiger charge is -2.11. The van der Waals surface area contributed by atoms with Crippen LogP contribution in [0.5, 0.6) is 11.5 Å². The topological polar surface area (TPSA) is 65.4 Å². The lowest BCUT2D eigenvalue weighted by atomic mass is 10.1. The molecular weight excluding hydrogens is 397 g/mol. The predicted octanol–water partition coefficient (Wildman–Crippen LogP) is 4.61. The van der Waals surface area contributed by atoms with Gasteiger partial charge in [0.05, 0.1) is 37.8 Å². The molecule has 0 aliphatic carbocycles. The number of nitrogens with zero attached hydrogens (tertiary/aromatic N) is 2. The maximum atomic E-state index is 13.3. The molecule has 1 amide bonds. The first-order valence-electron chi connectivity index (χ1n) is 8.85. The number of amides is 1. The predicted molar refractivity (Wildman–Crippen MR) is 110 cm³/mol. The average Bonchev–Trinajstić information content (AvgIpc) is 2.96. The molecular formula is C21H21ClFN3O3. The van der Waals surface area contributed by atoms with Gasteiger partial charge in [-0.3, -0.25) is 9.48 Å². The first kappa shape index (κ1) is 20.7. The summed E-state index contributed by atoms with van der Waals surface area (Å²) in [6.07, 6.45) is 0. The Balaban J connectivity index is 1.84. The Bertz CT molecular complexity index is 1070. The van der Waals surface area contributed by atoms with Crippen LogP contribution in [0.25, 0.3) is 0 Å². The van der Waals surface area contributed by atoms with Gasteiger partial charge in [-0.1, -0.05) is 17.7 Å². The Morgan fingerprint density at radius 1 is 1.14 bits per heavy atom. The van der Waals surface area contributed by atoms with E-state index in [-0.39, 0.29) is 5.91 Å². The van der Waals surface area contributed by atoms with E-state index in [2.05, 4.69) is 10.4 Å². The third-order valence-corrected chi connectivity index (χ3v) is 4.95. The minimum absolute atomic E-state index is 0.295. The number of halogens is 2. The quantitative estimate of drug-likeness (QED) is 0.636. The van der Waals surface area contributed by atoms with Crippen molar-refractivity contribution in [3.63, 3.8) is 0 Å². The summed E-state index contributed by atoms with van der Waals surface area (Å²) in [5.74, 6) is 0.321. The molecule has 6 nitrogen and oxygen atoms in total. The Morgan fingerprint density at radius 3 is 2.52 bits per heavy atom. The Hall–Kier alpha value is -3.06. The smallest absolute Gasteiger partial charge is 0.255 e. The van der Waals surface area contributed by atoms with Gasteiger partial charge in [-0.25, -0.2) is 4.39 Å². The average molecular weight is 418 g/mol. The Labute approximate surface area is 173 Å². The molecule has 0 bridgehead atoms. The van der Waals surface area contributed by atoms with Gasteiger partial charge in [0.1, 0.15) is 5.82 Å². The van der Waals surface area contributed by atoms with Gasteiger partial charge < -0.3 is 14.8 Å². The number of carbonyl (C=O) groups excluding carboxylic acids is 1. The molecule has 3 aromatic rings. The highest BCUT2D eigenvalue weighted by molar-refractivity contribution is 6.31. The van der Waals surface area contributed by atoms with Crippen LogP contribution in [-0.2, 0) is 6.54 Å². The number of hydrogen-bond acceptors (Lipinski definition) is 4. The summed E-state index contributed by atoms with van der Waals surface area (Å²) < 4.78 is 25.4. The van der Waals surface area contributed by atoms with Gasteiger partial charge in [0.25, 0.3) is 5.91 Å². The van der Waals surface area contributed by atoms with Crippen LogP contribution >= 0.6 is 11.6 Å². The monoisotopic (exact) mass is 417 g/mol. The molecule has 0 fully saturated rings. The maximum Gasteiger partial charge on any atom is 0.255 e. The summed E-state index contributed by atoms with van der Waals surface area (Å²) in [6.45, 7) is 4.01. The van der Waals surface area contributed by atoms with Crippen molar-refractivity contribution < 1.29 is 18.7 Å². The minimum atomic E-state index is -0.394. The van der Waals surface area contributed by atoms with Crippen molar-refractivity contribution in [2.75, 3.05) is 19.5 Å². The molecule has 29 heavy (non-hydrogen) atoms. The number of aryl methyl sites for hydroxylation is 1.